The van der Waals surface area contributed by atoms with Crippen molar-refractivity contribution in [2.75, 3.05) is 19.7 Å². The molecule has 2 amide bonds. The molecule has 1 aliphatic heterocycles. The zero-order valence-corrected chi connectivity index (χ0v) is 11.7. The number of ether oxygens (including phenoxy) is 2. The summed E-state index contributed by atoms with van der Waals surface area (Å²) < 4.78 is 10.7. The number of carbonyl (C=O) groups is 2. The van der Waals surface area contributed by atoms with E-state index in [1.165, 1.54) is 0 Å². The number of rotatable bonds is 4. The van der Waals surface area contributed by atoms with Crippen LogP contribution in [0.2, 0.25) is 0 Å². The predicted octanol–water partition coefficient (Wildman–Crippen LogP) is 0.662. The van der Waals surface area contributed by atoms with Gasteiger partial charge in [0.1, 0.15) is 12.2 Å². The van der Waals surface area contributed by atoms with Crippen molar-refractivity contribution in [3.63, 3.8) is 0 Å². The van der Waals surface area contributed by atoms with Crippen LogP contribution in [0.1, 0.15) is 27.2 Å². The SMILES string of the molecule is CC1C[C@@H]1C(C)(C)OC(=O)NCC1CNC(=O)CO1. The minimum atomic E-state index is -0.426. The van der Waals surface area contributed by atoms with Crippen molar-refractivity contribution in [2.45, 2.75) is 38.9 Å². The molecule has 2 unspecified atom stereocenters. The average molecular weight is 270 g/mol. The Kier molecular flexibility index (Phi) is 3.99. The van der Waals surface area contributed by atoms with Gasteiger partial charge < -0.3 is 20.1 Å². The van der Waals surface area contributed by atoms with Gasteiger partial charge in [-0.1, -0.05) is 6.92 Å². The number of alkyl carbamates (subject to hydrolysis) is 1. The lowest BCUT2D eigenvalue weighted by atomic mass is 10.0. The zero-order chi connectivity index (χ0) is 14.0. The first-order chi connectivity index (χ1) is 8.88. The third kappa shape index (κ3) is 3.83. The fourth-order valence-electron chi connectivity index (χ4n) is 2.50. The lowest BCUT2D eigenvalue weighted by Crippen LogP contribution is -2.48. The van der Waals surface area contributed by atoms with Gasteiger partial charge in [0.25, 0.3) is 0 Å². The molecule has 0 aromatic carbocycles. The van der Waals surface area contributed by atoms with E-state index in [2.05, 4.69) is 17.6 Å². The van der Waals surface area contributed by atoms with Gasteiger partial charge in [-0.15, -0.1) is 0 Å². The second kappa shape index (κ2) is 5.36. The largest absolute Gasteiger partial charge is 0.443 e. The normalized spacial score (nSPS) is 30.5. The second-order valence-corrected chi connectivity index (χ2v) is 5.93. The van der Waals surface area contributed by atoms with Crippen LogP contribution >= 0.6 is 0 Å². The lowest BCUT2D eigenvalue weighted by Gasteiger charge is -2.27. The Bertz CT molecular complexity index is 360. The number of hydrogen-bond acceptors (Lipinski definition) is 4. The number of nitrogens with one attached hydrogen (secondary N) is 2. The molecule has 2 N–H and O–H groups in total. The third-order valence-electron chi connectivity index (χ3n) is 3.81. The van der Waals surface area contributed by atoms with Crippen molar-refractivity contribution in [3.8, 4) is 0 Å². The molecule has 0 spiro atoms. The molecule has 0 aromatic rings. The van der Waals surface area contributed by atoms with E-state index in [0.717, 1.165) is 6.42 Å². The molecule has 19 heavy (non-hydrogen) atoms. The molecule has 1 saturated carbocycles. The van der Waals surface area contributed by atoms with Crippen LogP contribution in [0.15, 0.2) is 0 Å². The van der Waals surface area contributed by atoms with Crippen LogP contribution in [0.3, 0.4) is 0 Å². The van der Waals surface area contributed by atoms with E-state index in [-0.39, 0.29) is 18.6 Å². The summed E-state index contributed by atoms with van der Waals surface area (Å²) in [4.78, 5) is 22.6. The van der Waals surface area contributed by atoms with E-state index in [4.69, 9.17) is 9.47 Å². The highest BCUT2D eigenvalue weighted by atomic mass is 16.6. The highest BCUT2D eigenvalue weighted by Crippen LogP contribution is 2.47. The minimum absolute atomic E-state index is 0.0481. The van der Waals surface area contributed by atoms with E-state index in [1.54, 1.807) is 0 Å². The van der Waals surface area contributed by atoms with Crippen LogP contribution in [0.5, 0.6) is 0 Å². The summed E-state index contributed by atoms with van der Waals surface area (Å²) in [6, 6.07) is 0. The first kappa shape index (κ1) is 14.1. The van der Waals surface area contributed by atoms with Crippen LogP contribution < -0.4 is 10.6 Å². The molecule has 108 valence electrons. The third-order valence-corrected chi connectivity index (χ3v) is 3.81. The van der Waals surface area contributed by atoms with E-state index >= 15 is 0 Å². The molecular formula is C13H22N2O4. The molecule has 2 fully saturated rings. The van der Waals surface area contributed by atoms with E-state index in [9.17, 15) is 9.59 Å². The maximum Gasteiger partial charge on any atom is 0.407 e. The number of amides is 2. The van der Waals surface area contributed by atoms with Crippen LogP contribution in [0.25, 0.3) is 0 Å². The van der Waals surface area contributed by atoms with Gasteiger partial charge in [0, 0.05) is 19.0 Å². The van der Waals surface area contributed by atoms with Gasteiger partial charge >= 0.3 is 6.09 Å². The summed E-state index contributed by atoms with van der Waals surface area (Å²) in [6.07, 6.45) is 0.496. The summed E-state index contributed by atoms with van der Waals surface area (Å²) >= 11 is 0. The topological polar surface area (TPSA) is 76.7 Å². The summed E-state index contributed by atoms with van der Waals surface area (Å²) in [5.74, 6) is 0.950. The Morgan fingerprint density at radius 3 is 2.79 bits per heavy atom. The first-order valence-electron chi connectivity index (χ1n) is 6.73. The molecular weight excluding hydrogens is 248 g/mol. The Morgan fingerprint density at radius 1 is 1.58 bits per heavy atom. The fraction of sp³-hybridized carbons (Fsp3) is 0.846. The van der Waals surface area contributed by atoms with Crippen LogP contribution in [-0.2, 0) is 14.3 Å². The van der Waals surface area contributed by atoms with E-state index in [1.807, 2.05) is 13.8 Å². The van der Waals surface area contributed by atoms with E-state index in [0.29, 0.717) is 24.9 Å². The van der Waals surface area contributed by atoms with Crippen molar-refractivity contribution in [3.05, 3.63) is 0 Å². The Hall–Kier alpha value is -1.30. The predicted molar refractivity (Wildman–Crippen MR) is 68.6 cm³/mol. The smallest absolute Gasteiger partial charge is 0.407 e. The minimum Gasteiger partial charge on any atom is -0.443 e. The maximum absolute atomic E-state index is 11.7. The zero-order valence-electron chi connectivity index (χ0n) is 11.7. The molecule has 1 aliphatic carbocycles. The molecule has 2 aliphatic rings. The standard InChI is InChI=1S/C13H22N2O4/c1-8-4-10(8)13(2,3)19-12(17)15-6-9-5-14-11(16)7-18-9/h8-10H,4-7H2,1-3H3,(H,14,16)(H,15,17)/t8?,9?,10-/m0/s1. The summed E-state index contributed by atoms with van der Waals surface area (Å²) in [6.45, 7) is 6.85. The summed E-state index contributed by atoms with van der Waals surface area (Å²) in [5, 5.41) is 5.37. The highest BCUT2D eigenvalue weighted by Gasteiger charge is 2.47. The summed E-state index contributed by atoms with van der Waals surface area (Å²) in [7, 11) is 0. The molecule has 6 heteroatoms. The molecule has 2 rings (SSSR count). The second-order valence-electron chi connectivity index (χ2n) is 5.93. The van der Waals surface area contributed by atoms with Gasteiger partial charge in [-0.05, 0) is 26.2 Å². The Labute approximate surface area is 113 Å². The lowest BCUT2D eigenvalue weighted by molar-refractivity contribution is -0.132. The van der Waals surface area contributed by atoms with E-state index < -0.39 is 11.7 Å². The van der Waals surface area contributed by atoms with Crippen molar-refractivity contribution in [2.24, 2.45) is 11.8 Å². The quantitative estimate of drug-likeness (QED) is 0.787. The average Bonchev–Trinajstić information content (AvgIpc) is 3.06. The van der Waals surface area contributed by atoms with Crippen LogP contribution in [0, 0.1) is 11.8 Å². The van der Waals surface area contributed by atoms with Crippen molar-refractivity contribution >= 4 is 12.0 Å². The van der Waals surface area contributed by atoms with Gasteiger partial charge in [0.15, 0.2) is 0 Å². The van der Waals surface area contributed by atoms with Gasteiger partial charge in [0.05, 0.1) is 6.10 Å². The molecule has 3 atom stereocenters. The molecule has 0 aromatic heterocycles. The molecule has 0 bridgehead atoms. The molecule has 0 radical (unpaired) electrons. The first-order valence-corrected chi connectivity index (χ1v) is 6.73. The van der Waals surface area contributed by atoms with Crippen molar-refractivity contribution < 1.29 is 19.1 Å². The van der Waals surface area contributed by atoms with Gasteiger partial charge in [-0.25, -0.2) is 4.79 Å². The number of carbonyl (C=O) groups excluding carboxylic acids is 2. The van der Waals surface area contributed by atoms with Gasteiger partial charge in [-0.3, -0.25) is 4.79 Å². The van der Waals surface area contributed by atoms with Gasteiger partial charge in [-0.2, -0.15) is 0 Å². The van der Waals surface area contributed by atoms with Crippen LogP contribution in [0.4, 0.5) is 4.79 Å². The fourth-order valence-corrected chi connectivity index (χ4v) is 2.50. The van der Waals surface area contributed by atoms with Gasteiger partial charge in [0.2, 0.25) is 5.91 Å². The monoisotopic (exact) mass is 270 g/mol. The van der Waals surface area contributed by atoms with Crippen LogP contribution in [-0.4, -0.2) is 43.4 Å². The Balaban J connectivity index is 1.68. The maximum atomic E-state index is 11.7. The highest BCUT2D eigenvalue weighted by molar-refractivity contribution is 5.77. The molecule has 1 heterocycles. The van der Waals surface area contributed by atoms with Crippen molar-refractivity contribution in [1.29, 1.82) is 0 Å². The summed E-state index contributed by atoms with van der Waals surface area (Å²) in [5.41, 5.74) is -0.425. The molecule has 1 saturated heterocycles. The Morgan fingerprint density at radius 2 is 2.26 bits per heavy atom. The van der Waals surface area contributed by atoms with Crippen molar-refractivity contribution in [1.82, 2.24) is 10.6 Å². The number of hydrogen-bond donors (Lipinski definition) is 2. The molecule has 6 nitrogen and oxygen atoms in total. The number of morpholine rings is 1.